The van der Waals surface area contributed by atoms with Gasteiger partial charge in [0.1, 0.15) is 17.3 Å². The molecule has 2 heterocycles. The molecule has 8 heteroatoms. The molecule has 134 valence electrons. The van der Waals surface area contributed by atoms with Gasteiger partial charge >= 0.3 is 0 Å². The largest absolute Gasteiger partial charge is 0.497 e. The lowest BCUT2D eigenvalue weighted by atomic mass is 10.1. The molecule has 7 nitrogen and oxygen atoms in total. The van der Waals surface area contributed by atoms with Gasteiger partial charge in [-0.15, -0.1) is 0 Å². The Morgan fingerprint density at radius 3 is 2.72 bits per heavy atom. The normalized spacial score (nSPS) is 19.4. The van der Waals surface area contributed by atoms with Crippen LogP contribution in [-0.4, -0.2) is 38.8 Å². The van der Waals surface area contributed by atoms with Crippen molar-refractivity contribution in [2.24, 2.45) is 4.99 Å². The second kappa shape index (κ2) is 6.51. The maximum absolute atomic E-state index is 12.8. The number of nitrogens with zero attached hydrogens (tertiary/aromatic N) is 2. The number of allylic oxidation sites excluding steroid dienone is 1. The minimum absolute atomic E-state index is 0.0183. The lowest BCUT2D eigenvalue weighted by Gasteiger charge is -2.14. The number of pyridine rings is 1. The van der Waals surface area contributed by atoms with E-state index in [1.165, 1.54) is 0 Å². The summed E-state index contributed by atoms with van der Waals surface area (Å²) in [5.41, 5.74) is 2.80. The van der Waals surface area contributed by atoms with Crippen molar-refractivity contribution in [3.05, 3.63) is 46.6 Å². The summed E-state index contributed by atoms with van der Waals surface area (Å²) in [6.07, 6.45) is 5.90. The molecule has 0 radical (unpaired) electrons. The van der Waals surface area contributed by atoms with Crippen molar-refractivity contribution in [1.82, 2.24) is 10.3 Å². The average molecular weight is 363 g/mol. The molecule has 1 aromatic heterocycles. The first-order chi connectivity index (χ1) is 11.9. The van der Waals surface area contributed by atoms with E-state index in [1.54, 1.807) is 26.5 Å². The van der Waals surface area contributed by atoms with Crippen LogP contribution in [0, 0.1) is 13.8 Å². The zero-order valence-corrected chi connectivity index (χ0v) is 15.5. The molecule has 0 saturated heterocycles. The van der Waals surface area contributed by atoms with Gasteiger partial charge in [0.2, 0.25) is 15.0 Å². The van der Waals surface area contributed by atoms with E-state index in [0.29, 0.717) is 23.6 Å². The van der Waals surface area contributed by atoms with E-state index in [1.807, 2.05) is 19.9 Å². The Morgan fingerprint density at radius 2 is 2.04 bits per heavy atom. The lowest BCUT2D eigenvalue weighted by molar-refractivity contribution is 0.302. The van der Waals surface area contributed by atoms with Crippen LogP contribution in [0.5, 0.6) is 5.75 Å². The number of amidine groups is 1. The van der Waals surface area contributed by atoms with E-state index in [9.17, 15) is 8.42 Å². The zero-order chi connectivity index (χ0) is 18.2. The smallest absolute Gasteiger partial charge is 0.221 e. The summed E-state index contributed by atoms with van der Waals surface area (Å²) in [5, 5.41) is 2.90. The van der Waals surface area contributed by atoms with Crippen LogP contribution < -0.4 is 10.1 Å². The first-order valence-corrected chi connectivity index (χ1v) is 9.53. The molecule has 1 aromatic rings. The molecule has 0 saturated carbocycles. The zero-order valence-electron chi connectivity index (χ0n) is 14.7. The van der Waals surface area contributed by atoms with E-state index in [0.717, 1.165) is 16.8 Å². The highest BCUT2D eigenvalue weighted by Crippen LogP contribution is 2.27. The number of nitrogens with one attached hydrogen (secondary N) is 1. The van der Waals surface area contributed by atoms with Gasteiger partial charge in [-0.3, -0.25) is 4.98 Å². The first-order valence-electron chi connectivity index (χ1n) is 7.88. The summed E-state index contributed by atoms with van der Waals surface area (Å²) in [6.45, 7) is 3.68. The van der Waals surface area contributed by atoms with Gasteiger partial charge in [-0.25, -0.2) is 13.4 Å². The molecule has 1 atom stereocenters. The molecular weight excluding hydrogens is 342 g/mol. The standard InChI is InChI=1S/C17H21N3O4S/c1-10-8-18-15(11(2)16(10)24-4)9-25(21,22)17-19-13-6-5-12(23-3)7-14(13)20-17/h5,7-8,13H,6,9H2,1-4H3,(H,19,20). The number of fused-ring (bicyclic) bond motifs is 1. The van der Waals surface area contributed by atoms with Gasteiger partial charge in [0.25, 0.3) is 0 Å². The third kappa shape index (κ3) is 3.26. The summed E-state index contributed by atoms with van der Waals surface area (Å²) >= 11 is 0. The quantitative estimate of drug-likeness (QED) is 0.877. The summed E-state index contributed by atoms with van der Waals surface area (Å²) in [5.74, 6) is 1.13. The number of aliphatic imine (C=N–C) groups is 1. The number of aryl methyl sites for hydroxylation is 1. The fraction of sp³-hybridized carbons (Fsp3) is 0.412. The maximum Gasteiger partial charge on any atom is 0.221 e. The lowest BCUT2D eigenvalue weighted by Crippen LogP contribution is -2.29. The van der Waals surface area contributed by atoms with Gasteiger partial charge in [-0.1, -0.05) is 0 Å². The van der Waals surface area contributed by atoms with Crippen molar-refractivity contribution >= 4 is 15.0 Å². The highest BCUT2D eigenvalue weighted by Gasteiger charge is 2.33. The minimum Gasteiger partial charge on any atom is -0.497 e. The van der Waals surface area contributed by atoms with Crippen molar-refractivity contribution in [2.75, 3.05) is 14.2 Å². The predicted molar refractivity (Wildman–Crippen MR) is 95.0 cm³/mol. The molecule has 0 bridgehead atoms. The topological polar surface area (TPSA) is 89.9 Å². The molecule has 0 spiro atoms. The number of aromatic nitrogens is 1. The van der Waals surface area contributed by atoms with Crippen LogP contribution in [0.15, 0.2) is 34.8 Å². The third-order valence-corrected chi connectivity index (χ3v) is 5.78. The Labute approximate surface area is 147 Å². The fourth-order valence-corrected chi connectivity index (χ4v) is 4.32. The number of hydrogen-bond donors (Lipinski definition) is 1. The Balaban J connectivity index is 1.85. The van der Waals surface area contributed by atoms with Crippen molar-refractivity contribution in [3.8, 4) is 5.75 Å². The van der Waals surface area contributed by atoms with Gasteiger partial charge < -0.3 is 14.8 Å². The van der Waals surface area contributed by atoms with E-state index in [-0.39, 0.29) is 17.0 Å². The predicted octanol–water partition coefficient (Wildman–Crippen LogP) is 1.77. The maximum atomic E-state index is 12.8. The number of sulfone groups is 1. The van der Waals surface area contributed by atoms with Crippen molar-refractivity contribution < 1.29 is 17.9 Å². The van der Waals surface area contributed by atoms with Gasteiger partial charge in [0.05, 0.1) is 26.0 Å². The number of hydrogen-bond acceptors (Lipinski definition) is 7. The van der Waals surface area contributed by atoms with Gasteiger partial charge in [-0.2, -0.15) is 0 Å². The second-order valence-corrected chi connectivity index (χ2v) is 7.93. The molecular formula is C17H21N3O4S. The molecule has 0 aromatic carbocycles. The van der Waals surface area contributed by atoms with Crippen LogP contribution in [0.1, 0.15) is 23.2 Å². The first kappa shape index (κ1) is 17.5. The molecule has 3 rings (SSSR count). The monoisotopic (exact) mass is 363 g/mol. The van der Waals surface area contributed by atoms with Gasteiger partial charge in [0, 0.05) is 29.1 Å². The molecule has 0 fully saturated rings. The summed E-state index contributed by atoms with van der Waals surface area (Å²) < 4.78 is 36.1. The van der Waals surface area contributed by atoms with Crippen LogP contribution in [0.3, 0.4) is 0 Å². The molecule has 25 heavy (non-hydrogen) atoms. The highest BCUT2D eigenvalue weighted by atomic mass is 32.2. The van der Waals surface area contributed by atoms with Crippen molar-refractivity contribution in [3.63, 3.8) is 0 Å². The van der Waals surface area contributed by atoms with Crippen molar-refractivity contribution in [2.45, 2.75) is 32.1 Å². The Morgan fingerprint density at radius 1 is 1.28 bits per heavy atom. The summed E-state index contributed by atoms with van der Waals surface area (Å²) in [6, 6.07) is -0.203. The van der Waals surface area contributed by atoms with Crippen LogP contribution in [-0.2, 0) is 20.3 Å². The minimum atomic E-state index is -3.64. The van der Waals surface area contributed by atoms with E-state index in [4.69, 9.17) is 9.47 Å². The van der Waals surface area contributed by atoms with Crippen LogP contribution >= 0.6 is 0 Å². The summed E-state index contributed by atoms with van der Waals surface area (Å²) in [7, 11) is -0.497. The number of methoxy groups -OCH3 is 2. The highest BCUT2D eigenvalue weighted by molar-refractivity contribution is 8.05. The number of ether oxygens (including phenoxy) is 2. The van der Waals surface area contributed by atoms with Crippen LogP contribution in [0.2, 0.25) is 0 Å². The SMILES string of the molecule is COC1=CCC2N=C(S(=O)(=O)Cc3ncc(C)c(OC)c3C)NC2=C1. The van der Waals surface area contributed by atoms with Gasteiger partial charge in [0.15, 0.2) is 0 Å². The average Bonchev–Trinajstić information content (AvgIpc) is 3.02. The van der Waals surface area contributed by atoms with Crippen LogP contribution in [0.25, 0.3) is 0 Å². The summed E-state index contributed by atoms with van der Waals surface area (Å²) in [4.78, 5) is 8.60. The molecule has 1 aliphatic heterocycles. The Bertz CT molecular complexity index is 901. The van der Waals surface area contributed by atoms with Crippen molar-refractivity contribution in [1.29, 1.82) is 0 Å². The molecule has 1 unspecified atom stereocenters. The molecule has 0 amide bonds. The third-order valence-electron chi connectivity index (χ3n) is 4.33. The van der Waals surface area contributed by atoms with Gasteiger partial charge in [-0.05, 0) is 26.3 Å². The van der Waals surface area contributed by atoms with Crippen LogP contribution in [0.4, 0.5) is 0 Å². The molecule has 2 aliphatic rings. The molecule has 1 aliphatic carbocycles. The van der Waals surface area contributed by atoms with E-state index < -0.39 is 9.84 Å². The Hall–Kier alpha value is -2.35. The number of rotatable bonds is 4. The molecule has 1 N–H and O–H groups in total. The fourth-order valence-electron chi connectivity index (χ4n) is 2.97. The Kier molecular flexibility index (Phi) is 4.55. The second-order valence-electron chi connectivity index (χ2n) is 6.03. The van der Waals surface area contributed by atoms with E-state index in [2.05, 4.69) is 15.3 Å². The van der Waals surface area contributed by atoms with E-state index >= 15 is 0 Å².